The summed E-state index contributed by atoms with van der Waals surface area (Å²) in [5.74, 6) is -2.88. The lowest BCUT2D eigenvalue weighted by atomic mass is 10.2. The van der Waals surface area contributed by atoms with Crippen LogP contribution in [0.25, 0.3) is 0 Å². The van der Waals surface area contributed by atoms with Crippen molar-refractivity contribution in [2.24, 2.45) is 7.05 Å². The van der Waals surface area contributed by atoms with Crippen molar-refractivity contribution in [1.82, 2.24) is 9.78 Å². The van der Waals surface area contributed by atoms with E-state index in [1.54, 1.807) is 0 Å². The van der Waals surface area contributed by atoms with E-state index >= 15 is 0 Å². The second-order valence-corrected chi connectivity index (χ2v) is 4.11. The third kappa shape index (κ3) is 3.18. The molecule has 21 heavy (non-hydrogen) atoms. The van der Waals surface area contributed by atoms with Gasteiger partial charge in [0.25, 0.3) is 5.91 Å². The molecule has 9 heteroatoms. The summed E-state index contributed by atoms with van der Waals surface area (Å²) >= 11 is 0. The van der Waals surface area contributed by atoms with Gasteiger partial charge in [0.15, 0.2) is 5.69 Å². The smallest absolute Gasteiger partial charge is 0.318 e. The first kappa shape index (κ1) is 14.9. The molecule has 0 bridgehead atoms. The van der Waals surface area contributed by atoms with Crippen molar-refractivity contribution >= 4 is 11.6 Å². The number of aryl methyl sites for hydroxylation is 1. The van der Waals surface area contributed by atoms with Gasteiger partial charge in [0.05, 0.1) is 5.69 Å². The molecule has 0 radical (unpaired) electrons. The number of hydrogen-bond donors (Lipinski definition) is 1. The Morgan fingerprint density at radius 2 is 1.90 bits per heavy atom. The Morgan fingerprint density at radius 3 is 2.43 bits per heavy atom. The monoisotopic (exact) mass is 305 g/mol. The van der Waals surface area contributed by atoms with Crippen LogP contribution in [-0.4, -0.2) is 15.7 Å². The number of benzene rings is 1. The van der Waals surface area contributed by atoms with Crippen LogP contribution in [0, 0.1) is 11.6 Å². The van der Waals surface area contributed by atoms with Gasteiger partial charge < -0.3 is 5.32 Å². The molecule has 0 atom stereocenters. The predicted molar refractivity (Wildman–Crippen MR) is 62.5 cm³/mol. The topological polar surface area (TPSA) is 46.9 Å². The van der Waals surface area contributed by atoms with Gasteiger partial charge in [-0.1, -0.05) is 0 Å². The number of rotatable bonds is 2. The molecule has 0 saturated heterocycles. The number of halogens is 5. The van der Waals surface area contributed by atoms with Crippen molar-refractivity contribution in [3.63, 3.8) is 0 Å². The summed E-state index contributed by atoms with van der Waals surface area (Å²) in [7, 11) is 1.14. The number of nitrogens with one attached hydrogen (secondary N) is 1. The Hall–Kier alpha value is -2.45. The summed E-state index contributed by atoms with van der Waals surface area (Å²) in [4.78, 5) is 11.8. The van der Waals surface area contributed by atoms with Gasteiger partial charge in [0.2, 0.25) is 0 Å². The molecule has 0 spiro atoms. The summed E-state index contributed by atoms with van der Waals surface area (Å²) in [6.45, 7) is 0. The van der Waals surface area contributed by atoms with Crippen molar-refractivity contribution in [3.8, 4) is 0 Å². The van der Waals surface area contributed by atoms with Gasteiger partial charge in [-0.2, -0.15) is 18.3 Å². The van der Waals surface area contributed by atoms with E-state index in [2.05, 4.69) is 10.4 Å². The summed E-state index contributed by atoms with van der Waals surface area (Å²) in [6, 6.07) is 2.95. The molecule has 2 aromatic rings. The van der Waals surface area contributed by atoms with Crippen molar-refractivity contribution in [2.45, 2.75) is 6.18 Å². The van der Waals surface area contributed by atoms with E-state index in [1.165, 1.54) is 0 Å². The minimum Gasteiger partial charge on any atom is -0.318 e. The molecular weight excluding hydrogens is 297 g/mol. The van der Waals surface area contributed by atoms with E-state index in [1.807, 2.05) is 0 Å². The lowest BCUT2D eigenvalue weighted by Crippen LogP contribution is -2.16. The number of alkyl halides is 3. The minimum absolute atomic E-state index is 0.351. The molecule has 4 nitrogen and oxygen atoms in total. The van der Waals surface area contributed by atoms with E-state index in [0.717, 1.165) is 23.9 Å². The van der Waals surface area contributed by atoms with Crippen molar-refractivity contribution in [3.05, 3.63) is 47.3 Å². The highest BCUT2D eigenvalue weighted by Gasteiger charge is 2.35. The first-order chi connectivity index (χ1) is 9.68. The number of nitrogens with zero attached hydrogens (tertiary/aromatic N) is 2. The molecule has 0 aliphatic carbocycles. The average Bonchev–Trinajstić information content (AvgIpc) is 2.75. The molecule has 1 heterocycles. The van der Waals surface area contributed by atoms with Crippen LogP contribution in [0.2, 0.25) is 0 Å². The molecule has 0 fully saturated rings. The van der Waals surface area contributed by atoms with Crippen LogP contribution in [0.1, 0.15) is 16.2 Å². The Morgan fingerprint density at radius 1 is 1.24 bits per heavy atom. The fraction of sp³-hybridized carbons (Fsp3) is 0.167. The standard InChI is InChI=1S/C12H8F5N3O/c1-20-9(5-10(19-20)12(15,16)17)11(21)18-8-3-2-6(13)4-7(8)14/h2-5H,1H3,(H,18,21). The second-order valence-electron chi connectivity index (χ2n) is 4.11. The molecule has 2 rings (SSSR count). The van der Waals surface area contributed by atoms with Gasteiger partial charge in [-0.25, -0.2) is 8.78 Å². The Kier molecular flexibility index (Phi) is 3.67. The van der Waals surface area contributed by atoms with Crippen LogP contribution in [0.15, 0.2) is 24.3 Å². The fourth-order valence-corrected chi connectivity index (χ4v) is 1.60. The highest BCUT2D eigenvalue weighted by atomic mass is 19.4. The zero-order valence-electron chi connectivity index (χ0n) is 10.5. The molecule has 0 unspecified atom stereocenters. The highest BCUT2D eigenvalue weighted by molar-refractivity contribution is 6.03. The maximum Gasteiger partial charge on any atom is 0.435 e. The highest BCUT2D eigenvalue weighted by Crippen LogP contribution is 2.28. The van der Waals surface area contributed by atoms with E-state index in [0.29, 0.717) is 12.1 Å². The van der Waals surface area contributed by atoms with Crippen LogP contribution < -0.4 is 5.32 Å². The largest absolute Gasteiger partial charge is 0.435 e. The first-order valence-corrected chi connectivity index (χ1v) is 5.56. The Labute approximate surface area is 115 Å². The maximum atomic E-state index is 13.4. The van der Waals surface area contributed by atoms with Crippen LogP contribution >= 0.6 is 0 Å². The lowest BCUT2D eigenvalue weighted by molar-refractivity contribution is -0.141. The molecule has 1 amide bonds. The summed E-state index contributed by atoms with van der Waals surface area (Å²) in [5.41, 5.74) is -2.00. The third-order valence-electron chi connectivity index (χ3n) is 2.58. The molecule has 0 saturated carbocycles. The predicted octanol–water partition coefficient (Wildman–Crippen LogP) is 2.97. The van der Waals surface area contributed by atoms with E-state index < -0.39 is 35.1 Å². The normalized spacial score (nSPS) is 11.5. The Balaban J connectivity index is 2.27. The fourth-order valence-electron chi connectivity index (χ4n) is 1.60. The van der Waals surface area contributed by atoms with E-state index in [4.69, 9.17) is 0 Å². The van der Waals surface area contributed by atoms with Crippen LogP contribution in [0.4, 0.5) is 27.6 Å². The van der Waals surface area contributed by atoms with Crippen molar-refractivity contribution in [1.29, 1.82) is 0 Å². The summed E-state index contributed by atoms with van der Waals surface area (Å²) < 4.78 is 64.2. The summed E-state index contributed by atoms with van der Waals surface area (Å²) in [6.07, 6.45) is -4.70. The van der Waals surface area contributed by atoms with E-state index in [-0.39, 0.29) is 5.69 Å². The minimum atomic E-state index is -4.70. The maximum absolute atomic E-state index is 13.4. The Bertz CT molecular complexity index is 693. The van der Waals surface area contributed by atoms with Crippen molar-refractivity contribution in [2.75, 3.05) is 5.32 Å². The van der Waals surface area contributed by atoms with Crippen LogP contribution in [0.5, 0.6) is 0 Å². The van der Waals surface area contributed by atoms with Crippen LogP contribution in [0.3, 0.4) is 0 Å². The van der Waals surface area contributed by atoms with Crippen molar-refractivity contribution < 1.29 is 26.7 Å². The molecule has 1 aromatic heterocycles. The van der Waals surface area contributed by atoms with Gasteiger partial charge in [-0.3, -0.25) is 9.48 Å². The van der Waals surface area contributed by atoms with Gasteiger partial charge >= 0.3 is 6.18 Å². The number of hydrogen-bond acceptors (Lipinski definition) is 2. The molecule has 0 aliphatic heterocycles. The molecular formula is C12H8F5N3O. The molecule has 112 valence electrons. The number of aromatic nitrogens is 2. The number of carbonyl (C=O) groups excluding carboxylic acids is 1. The first-order valence-electron chi connectivity index (χ1n) is 5.56. The van der Waals surface area contributed by atoms with Crippen LogP contribution in [-0.2, 0) is 13.2 Å². The summed E-state index contributed by atoms with van der Waals surface area (Å²) in [5, 5.41) is 5.21. The number of amides is 1. The zero-order valence-corrected chi connectivity index (χ0v) is 10.5. The number of anilines is 1. The lowest BCUT2D eigenvalue weighted by Gasteiger charge is -2.06. The van der Waals surface area contributed by atoms with Gasteiger partial charge in [-0.05, 0) is 12.1 Å². The molecule has 0 aliphatic rings. The van der Waals surface area contributed by atoms with Gasteiger partial charge in [-0.15, -0.1) is 0 Å². The molecule has 1 N–H and O–H groups in total. The average molecular weight is 305 g/mol. The second kappa shape index (κ2) is 5.15. The van der Waals surface area contributed by atoms with Gasteiger partial charge in [0.1, 0.15) is 17.3 Å². The SMILES string of the molecule is Cn1nc(C(F)(F)F)cc1C(=O)Nc1ccc(F)cc1F. The zero-order chi connectivity index (χ0) is 15.8. The van der Waals surface area contributed by atoms with E-state index in [9.17, 15) is 26.7 Å². The molecule has 1 aromatic carbocycles. The third-order valence-corrected chi connectivity index (χ3v) is 2.58. The van der Waals surface area contributed by atoms with Gasteiger partial charge in [0, 0.05) is 19.2 Å². The number of carbonyl (C=O) groups is 1. The quantitative estimate of drug-likeness (QED) is 0.867.